The molecule has 0 radical (unpaired) electrons. The zero-order valence-electron chi connectivity index (χ0n) is 10.7. The van der Waals surface area contributed by atoms with E-state index in [-0.39, 0.29) is 17.6 Å². The molecule has 19 heavy (non-hydrogen) atoms. The lowest BCUT2D eigenvalue weighted by molar-refractivity contribution is -0.148. The Kier molecular flexibility index (Phi) is 4.36. The molecule has 2 rings (SSSR count). The highest BCUT2D eigenvalue weighted by Gasteiger charge is 2.27. The van der Waals surface area contributed by atoms with Crippen molar-refractivity contribution in [3.05, 3.63) is 11.1 Å². The molecule has 2 heterocycles. The standard InChI is InChI=1S/C12H16N2O4S/c1-2-18-11(17)8-3-5-14(6-4-8)12-13-9(7-19-12)10(15)16/h7-8H,2-6H2,1H3,(H,15,16). The smallest absolute Gasteiger partial charge is 0.355 e. The van der Waals surface area contributed by atoms with E-state index in [1.54, 1.807) is 6.92 Å². The predicted octanol–water partition coefficient (Wildman–Crippen LogP) is 1.62. The van der Waals surface area contributed by atoms with Crippen molar-refractivity contribution in [2.24, 2.45) is 5.92 Å². The summed E-state index contributed by atoms with van der Waals surface area (Å²) in [5, 5.41) is 11.1. The highest BCUT2D eigenvalue weighted by atomic mass is 32.1. The van der Waals surface area contributed by atoms with Crippen molar-refractivity contribution in [3.63, 3.8) is 0 Å². The van der Waals surface area contributed by atoms with Crippen LogP contribution in [0.5, 0.6) is 0 Å². The molecule has 0 aliphatic carbocycles. The third-order valence-corrected chi connectivity index (χ3v) is 4.00. The van der Waals surface area contributed by atoms with Gasteiger partial charge < -0.3 is 14.7 Å². The Morgan fingerprint density at radius 1 is 1.53 bits per heavy atom. The fraction of sp³-hybridized carbons (Fsp3) is 0.583. The van der Waals surface area contributed by atoms with Crippen molar-refractivity contribution in [2.75, 3.05) is 24.6 Å². The molecule has 7 heteroatoms. The van der Waals surface area contributed by atoms with Gasteiger partial charge in [0.15, 0.2) is 10.8 Å². The average Bonchev–Trinajstić information content (AvgIpc) is 2.89. The number of hydrogen-bond acceptors (Lipinski definition) is 6. The van der Waals surface area contributed by atoms with Gasteiger partial charge in [0.1, 0.15) is 0 Å². The summed E-state index contributed by atoms with van der Waals surface area (Å²) in [6, 6.07) is 0. The van der Waals surface area contributed by atoms with Gasteiger partial charge in [-0.1, -0.05) is 0 Å². The lowest BCUT2D eigenvalue weighted by Crippen LogP contribution is -2.37. The molecule has 1 aliphatic heterocycles. The first-order valence-corrected chi connectivity index (χ1v) is 7.10. The van der Waals surface area contributed by atoms with Crippen LogP contribution in [-0.2, 0) is 9.53 Å². The molecule has 0 bridgehead atoms. The summed E-state index contributed by atoms with van der Waals surface area (Å²) in [6.45, 7) is 3.62. The quantitative estimate of drug-likeness (QED) is 0.846. The van der Waals surface area contributed by atoms with Crippen LogP contribution in [0.25, 0.3) is 0 Å². The van der Waals surface area contributed by atoms with E-state index in [0.29, 0.717) is 24.8 Å². The fourth-order valence-electron chi connectivity index (χ4n) is 2.07. The molecule has 1 N–H and O–H groups in total. The van der Waals surface area contributed by atoms with Crippen LogP contribution >= 0.6 is 11.3 Å². The first kappa shape index (κ1) is 13.8. The number of hydrogen-bond donors (Lipinski definition) is 1. The number of carboxylic acid groups (broad SMARTS) is 1. The van der Waals surface area contributed by atoms with Crippen LogP contribution in [-0.4, -0.2) is 41.7 Å². The summed E-state index contributed by atoms with van der Waals surface area (Å²) in [7, 11) is 0. The van der Waals surface area contributed by atoms with Crippen LogP contribution < -0.4 is 4.90 Å². The number of aromatic nitrogens is 1. The first-order valence-electron chi connectivity index (χ1n) is 6.22. The SMILES string of the molecule is CCOC(=O)C1CCN(c2nc(C(=O)O)cs2)CC1. The monoisotopic (exact) mass is 284 g/mol. The average molecular weight is 284 g/mol. The largest absolute Gasteiger partial charge is 0.476 e. The Bertz CT molecular complexity index is 466. The highest BCUT2D eigenvalue weighted by Crippen LogP contribution is 2.26. The number of piperidine rings is 1. The summed E-state index contributed by atoms with van der Waals surface area (Å²) in [6.07, 6.45) is 1.45. The lowest BCUT2D eigenvalue weighted by atomic mass is 9.97. The summed E-state index contributed by atoms with van der Waals surface area (Å²) in [5.74, 6) is -1.19. The van der Waals surface area contributed by atoms with Gasteiger partial charge in [0, 0.05) is 18.5 Å². The Morgan fingerprint density at radius 2 is 2.21 bits per heavy atom. The number of rotatable bonds is 4. The van der Waals surface area contributed by atoms with E-state index in [2.05, 4.69) is 4.98 Å². The molecule has 1 aromatic rings. The van der Waals surface area contributed by atoms with Crippen LogP contribution in [0.1, 0.15) is 30.3 Å². The molecule has 1 aliphatic rings. The topological polar surface area (TPSA) is 79.7 Å². The second-order valence-corrected chi connectivity index (χ2v) is 5.17. The number of nitrogens with zero attached hydrogens (tertiary/aromatic N) is 2. The molecule has 0 amide bonds. The Morgan fingerprint density at radius 3 is 2.74 bits per heavy atom. The van der Waals surface area contributed by atoms with E-state index >= 15 is 0 Å². The van der Waals surface area contributed by atoms with E-state index in [9.17, 15) is 9.59 Å². The Hall–Kier alpha value is -1.63. The Balaban J connectivity index is 1.92. The van der Waals surface area contributed by atoms with E-state index < -0.39 is 5.97 Å². The molecule has 0 spiro atoms. The van der Waals surface area contributed by atoms with Crippen molar-refractivity contribution in [1.29, 1.82) is 0 Å². The maximum absolute atomic E-state index is 11.6. The van der Waals surface area contributed by atoms with Gasteiger partial charge >= 0.3 is 11.9 Å². The van der Waals surface area contributed by atoms with Gasteiger partial charge in [-0.3, -0.25) is 4.79 Å². The maximum Gasteiger partial charge on any atom is 0.355 e. The summed E-state index contributed by atoms with van der Waals surface area (Å²) >= 11 is 1.32. The minimum Gasteiger partial charge on any atom is -0.476 e. The van der Waals surface area contributed by atoms with Gasteiger partial charge in [0.05, 0.1) is 12.5 Å². The second-order valence-electron chi connectivity index (χ2n) is 4.33. The van der Waals surface area contributed by atoms with E-state index in [1.807, 2.05) is 4.90 Å². The summed E-state index contributed by atoms with van der Waals surface area (Å²) < 4.78 is 5.01. The van der Waals surface area contributed by atoms with Crippen LogP contribution in [0.3, 0.4) is 0 Å². The van der Waals surface area contributed by atoms with Crippen molar-refractivity contribution in [2.45, 2.75) is 19.8 Å². The lowest BCUT2D eigenvalue weighted by Gasteiger charge is -2.30. The summed E-state index contributed by atoms with van der Waals surface area (Å²) in [5.41, 5.74) is 0.0764. The number of aromatic carboxylic acids is 1. The molecule has 1 saturated heterocycles. The van der Waals surface area contributed by atoms with Gasteiger partial charge in [-0.05, 0) is 19.8 Å². The number of ether oxygens (including phenoxy) is 1. The number of carboxylic acids is 1. The molecule has 1 fully saturated rings. The minimum absolute atomic E-state index is 0.0462. The molecular formula is C12H16N2O4S. The van der Waals surface area contributed by atoms with Crippen LogP contribution in [0.4, 0.5) is 5.13 Å². The van der Waals surface area contributed by atoms with Crippen LogP contribution in [0, 0.1) is 5.92 Å². The molecule has 6 nitrogen and oxygen atoms in total. The van der Waals surface area contributed by atoms with Gasteiger partial charge in [-0.25, -0.2) is 9.78 Å². The molecule has 1 aromatic heterocycles. The van der Waals surface area contributed by atoms with Gasteiger partial charge in [-0.2, -0.15) is 0 Å². The fourth-order valence-corrected chi connectivity index (χ4v) is 2.93. The molecule has 104 valence electrons. The predicted molar refractivity (Wildman–Crippen MR) is 70.6 cm³/mol. The number of esters is 1. The third kappa shape index (κ3) is 3.23. The van der Waals surface area contributed by atoms with E-state index in [0.717, 1.165) is 12.8 Å². The number of anilines is 1. The van der Waals surface area contributed by atoms with E-state index in [1.165, 1.54) is 16.7 Å². The van der Waals surface area contributed by atoms with Gasteiger partial charge in [0.2, 0.25) is 0 Å². The highest BCUT2D eigenvalue weighted by molar-refractivity contribution is 7.13. The zero-order chi connectivity index (χ0) is 13.8. The molecular weight excluding hydrogens is 268 g/mol. The molecule has 0 atom stereocenters. The zero-order valence-corrected chi connectivity index (χ0v) is 11.5. The molecule has 0 saturated carbocycles. The third-order valence-electron chi connectivity index (χ3n) is 3.10. The number of thiazole rings is 1. The first-order chi connectivity index (χ1) is 9.11. The van der Waals surface area contributed by atoms with Gasteiger partial charge in [-0.15, -0.1) is 11.3 Å². The number of carbonyl (C=O) groups excluding carboxylic acids is 1. The molecule has 0 aromatic carbocycles. The normalized spacial score (nSPS) is 16.4. The number of carbonyl (C=O) groups is 2. The Labute approximate surface area is 115 Å². The van der Waals surface area contributed by atoms with Crippen molar-refractivity contribution in [1.82, 2.24) is 4.98 Å². The maximum atomic E-state index is 11.6. The van der Waals surface area contributed by atoms with Crippen LogP contribution in [0.2, 0.25) is 0 Å². The van der Waals surface area contributed by atoms with Gasteiger partial charge in [0.25, 0.3) is 0 Å². The van der Waals surface area contributed by atoms with E-state index in [4.69, 9.17) is 9.84 Å². The van der Waals surface area contributed by atoms with Crippen molar-refractivity contribution < 1.29 is 19.4 Å². The summed E-state index contributed by atoms with van der Waals surface area (Å²) in [4.78, 5) is 28.5. The minimum atomic E-state index is -1.01. The van der Waals surface area contributed by atoms with Crippen LogP contribution in [0.15, 0.2) is 5.38 Å². The molecule has 0 unspecified atom stereocenters. The van der Waals surface area contributed by atoms with Crippen molar-refractivity contribution >= 4 is 28.4 Å². The second kappa shape index (κ2) is 6.01. The van der Waals surface area contributed by atoms with Crippen molar-refractivity contribution in [3.8, 4) is 0 Å².